The highest BCUT2D eigenvalue weighted by atomic mass is 32.2. The minimum atomic E-state index is -0.560. The van der Waals surface area contributed by atoms with Crippen molar-refractivity contribution in [1.29, 1.82) is 0 Å². The summed E-state index contributed by atoms with van der Waals surface area (Å²) in [5.74, 6) is -0.596. The van der Waals surface area contributed by atoms with Gasteiger partial charge in [-0.15, -0.1) is 11.8 Å². The van der Waals surface area contributed by atoms with Gasteiger partial charge >= 0.3 is 0 Å². The SMILES string of the molecule is COc1cc([N+](=O)[O-])ccc1N1C(=O)C[C@H](Sc2ccc(C)cc2)C1=O. The first-order valence-electron chi connectivity index (χ1n) is 7.83. The lowest BCUT2D eigenvalue weighted by Gasteiger charge is -2.17. The number of thioether (sulfide) groups is 1. The third-order valence-electron chi connectivity index (χ3n) is 4.02. The van der Waals surface area contributed by atoms with Gasteiger partial charge in [-0.2, -0.15) is 0 Å². The highest BCUT2D eigenvalue weighted by molar-refractivity contribution is 8.00. The molecule has 0 bridgehead atoms. The molecule has 0 radical (unpaired) electrons. The standard InChI is InChI=1S/C18H16N2O5S/c1-11-3-6-13(7-4-11)26-16-10-17(21)19(18(16)22)14-8-5-12(20(23)24)9-15(14)25-2/h3-9,16H,10H2,1-2H3/t16-/m0/s1. The van der Waals surface area contributed by atoms with Crippen molar-refractivity contribution < 1.29 is 19.2 Å². The van der Waals surface area contributed by atoms with Crippen molar-refractivity contribution in [2.75, 3.05) is 12.0 Å². The first kappa shape index (κ1) is 17.9. The number of nitro benzene ring substituents is 1. The van der Waals surface area contributed by atoms with Crippen LogP contribution in [0.4, 0.5) is 11.4 Å². The monoisotopic (exact) mass is 372 g/mol. The zero-order chi connectivity index (χ0) is 18.8. The lowest BCUT2D eigenvalue weighted by Crippen LogP contribution is -2.31. The number of carbonyl (C=O) groups is 2. The average molecular weight is 372 g/mol. The summed E-state index contributed by atoms with van der Waals surface area (Å²) < 4.78 is 5.15. The summed E-state index contributed by atoms with van der Waals surface area (Å²) >= 11 is 1.33. The summed E-state index contributed by atoms with van der Waals surface area (Å²) in [7, 11) is 1.34. The average Bonchev–Trinajstić information content (AvgIpc) is 2.89. The summed E-state index contributed by atoms with van der Waals surface area (Å²) in [6.45, 7) is 1.97. The Bertz CT molecular complexity index is 882. The Morgan fingerprint density at radius 1 is 1.19 bits per heavy atom. The van der Waals surface area contributed by atoms with Crippen LogP contribution in [0.15, 0.2) is 47.4 Å². The van der Waals surface area contributed by atoms with E-state index >= 15 is 0 Å². The van der Waals surface area contributed by atoms with Gasteiger partial charge in [-0.05, 0) is 25.1 Å². The fraction of sp³-hybridized carbons (Fsp3) is 0.222. The number of non-ortho nitro benzene ring substituents is 1. The number of anilines is 1. The van der Waals surface area contributed by atoms with Crippen LogP contribution in [0, 0.1) is 17.0 Å². The zero-order valence-electron chi connectivity index (χ0n) is 14.2. The second-order valence-electron chi connectivity index (χ2n) is 5.80. The second kappa shape index (κ2) is 7.17. The fourth-order valence-corrected chi connectivity index (χ4v) is 3.75. The molecule has 1 heterocycles. The number of ether oxygens (including phenoxy) is 1. The molecule has 2 aromatic carbocycles. The number of imide groups is 1. The van der Waals surface area contributed by atoms with Crippen molar-refractivity contribution >= 4 is 35.0 Å². The number of aryl methyl sites for hydroxylation is 1. The van der Waals surface area contributed by atoms with E-state index in [9.17, 15) is 19.7 Å². The predicted molar refractivity (Wildman–Crippen MR) is 97.6 cm³/mol. The maximum absolute atomic E-state index is 12.8. The largest absolute Gasteiger partial charge is 0.494 e. The van der Waals surface area contributed by atoms with E-state index in [1.54, 1.807) is 0 Å². The fourth-order valence-electron chi connectivity index (χ4n) is 2.69. The molecular weight excluding hydrogens is 356 g/mol. The molecule has 2 aromatic rings. The van der Waals surface area contributed by atoms with Crippen molar-refractivity contribution in [3.8, 4) is 5.75 Å². The molecule has 0 aromatic heterocycles. The summed E-state index contributed by atoms with van der Waals surface area (Å²) in [6, 6.07) is 11.5. The zero-order valence-corrected chi connectivity index (χ0v) is 15.0. The van der Waals surface area contributed by atoms with Gasteiger partial charge in [0.05, 0.1) is 29.0 Å². The number of nitro groups is 1. The molecular formula is C18H16N2O5S. The van der Waals surface area contributed by atoms with Crippen LogP contribution in [0.1, 0.15) is 12.0 Å². The number of carbonyl (C=O) groups excluding carboxylic acids is 2. The molecule has 1 fully saturated rings. The summed E-state index contributed by atoms with van der Waals surface area (Å²) in [5, 5.41) is 10.4. The number of rotatable bonds is 5. The number of hydrogen-bond acceptors (Lipinski definition) is 6. The quantitative estimate of drug-likeness (QED) is 0.454. The Morgan fingerprint density at radius 3 is 2.50 bits per heavy atom. The van der Waals surface area contributed by atoms with Gasteiger partial charge in [-0.1, -0.05) is 17.7 Å². The molecule has 1 aliphatic rings. The number of hydrogen-bond donors (Lipinski definition) is 0. The van der Waals surface area contributed by atoms with Gasteiger partial charge in [0, 0.05) is 17.4 Å². The minimum Gasteiger partial charge on any atom is -0.494 e. The van der Waals surface area contributed by atoms with E-state index in [1.807, 2.05) is 31.2 Å². The molecule has 2 amide bonds. The van der Waals surface area contributed by atoms with Gasteiger partial charge in [-0.3, -0.25) is 19.7 Å². The molecule has 0 saturated carbocycles. The van der Waals surface area contributed by atoms with Crippen LogP contribution in [0.2, 0.25) is 0 Å². The first-order chi connectivity index (χ1) is 12.4. The van der Waals surface area contributed by atoms with Crippen molar-refractivity contribution in [1.82, 2.24) is 0 Å². The minimum absolute atomic E-state index is 0.0670. The van der Waals surface area contributed by atoms with E-state index in [4.69, 9.17) is 4.74 Å². The van der Waals surface area contributed by atoms with Crippen LogP contribution in [-0.2, 0) is 9.59 Å². The highest BCUT2D eigenvalue weighted by Crippen LogP contribution is 2.39. The summed E-state index contributed by atoms with van der Waals surface area (Å²) in [4.78, 5) is 37.5. The van der Waals surface area contributed by atoms with Crippen molar-refractivity contribution in [2.45, 2.75) is 23.5 Å². The van der Waals surface area contributed by atoms with Gasteiger partial charge < -0.3 is 4.74 Å². The Hall–Kier alpha value is -2.87. The van der Waals surface area contributed by atoms with Gasteiger partial charge in [0.15, 0.2) is 0 Å². The van der Waals surface area contributed by atoms with Crippen molar-refractivity contribution in [3.05, 3.63) is 58.1 Å². The molecule has 0 spiro atoms. The van der Waals surface area contributed by atoms with Crippen LogP contribution in [0.25, 0.3) is 0 Å². The lowest BCUT2D eigenvalue weighted by atomic mass is 10.2. The van der Waals surface area contributed by atoms with Crippen LogP contribution in [0.5, 0.6) is 5.75 Å². The normalized spacial score (nSPS) is 16.8. The Morgan fingerprint density at radius 2 is 1.88 bits per heavy atom. The Labute approximate surface area is 154 Å². The van der Waals surface area contributed by atoms with Gasteiger partial charge in [0.25, 0.3) is 5.69 Å². The third kappa shape index (κ3) is 3.41. The van der Waals surface area contributed by atoms with Crippen LogP contribution >= 0.6 is 11.8 Å². The van der Waals surface area contributed by atoms with Crippen molar-refractivity contribution in [3.63, 3.8) is 0 Å². The van der Waals surface area contributed by atoms with Crippen LogP contribution in [0.3, 0.4) is 0 Å². The first-order valence-corrected chi connectivity index (χ1v) is 8.71. The van der Waals surface area contributed by atoms with Crippen molar-refractivity contribution in [2.24, 2.45) is 0 Å². The van der Waals surface area contributed by atoms with Gasteiger partial charge in [0.2, 0.25) is 11.8 Å². The molecule has 26 heavy (non-hydrogen) atoms. The maximum atomic E-state index is 12.8. The molecule has 0 aliphatic carbocycles. The molecule has 1 aliphatic heterocycles. The van der Waals surface area contributed by atoms with E-state index in [2.05, 4.69) is 0 Å². The molecule has 3 rings (SSSR count). The Balaban J connectivity index is 1.87. The van der Waals surface area contributed by atoms with E-state index in [1.165, 1.54) is 37.1 Å². The molecule has 1 saturated heterocycles. The van der Waals surface area contributed by atoms with Gasteiger partial charge in [0.1, 0.15) is 5.75 Å². The molecule has 0 N–H and O–H groups in total. The highest BCUT2D eigenvalue weighted by Gasteiger charge is 2.41. The molecule has 1 atom stereocenters. The van der Waals surface area contributed by atoms with Crippen LogP contribution in [-0.4, -0.2) is 29.1 Å². The van der Waals surface area contributed by atoms with E-state index < -0.39 is 10.2 Å². The molecule has 7 nitrogen and oxygen atoms in total. The Kier molecular flexibility index (Phi) is 4.94. The number of methoxy groups -OCH3 is 1. The molecule has 8 heteroatoms. The van der Waals surface area contributed by atoms with Gasteiger partial charge in [-0.25, -0.2) is 4.90 Å². The van der Waals surface area contributed by atoms with E-state index in [0.717, 1.165) is 15.4 Å². The van der Waals surface area contributed by atoms with E-state index in [0.29, 0.717) is 0 Å². The third-order valence-corrected chi connectivity index (χ3v) is 5.22. The smallest absolute Gasteiger partial charge is 0.273 e. The number of nitrogens with zero attached hydrogens (tertiary/aromatic N) is 2. The lowest BCUT2D eigenvalue weighted by molar-refractivity contribution is -0.384. The van der Waals surface area contributed by atoms with Crippen LogP contribution < -0.4 is 9.64 Å². The number of amides is 2. The predicted octanol–water partition coefficient (Wildman–Crippen LogP) is 3.34. The molecule has 0 unspecified atom stereocenters. The summed E-state index contributed by atoms with van der Waals surface area (Å²) in [5.41, 5.74) is 1.16. The molecule has 134 valence electrons. The second-order valence-corrected chi connectivity index (χ2v) is 7.08. The summed E-state index contributed by atoms with van der Waals surface area (Å²) in [6.07, 6.45) is 0.0670. The number of benzene rings is 2. The van der Waals surface area contributed by atoms with E-state index in [-0.39, 0.29) is 35.4 Å². The topological polar surface area (TPSA) is 89.8 Å². The maximum Gasteiger partial charge on any atom is 0.273 e.